The predicted octanol–water partition coefficient (Wildman–Crippen LogP) is 2.41. The molecule has 1 N–H and O–H groups in total. The Hall–Kier alpha value is -2.49. The largest absolute Gasteiger partial charge is 0.367 e. The fourth-order valence-corrected chi connectivity index (χ4v) is 5.30. The molecule has 1 amide bonds. The molecule has 0 radical (unpaired) electrons. The van der Waals surface area contributed by atoms with Crippen LogP contribution in [0.3, 0.4) is 0 Å². The number of amides is 1. The summed E-state index contributed by atoms with van der Waals surface area (Å²) in [6.45, 7) is 8.62. The lowest BCUT2D eigenvalue weighted by molar-refractivity contribution is 0.0947. The smallest absolute Gasteiger partial charge is 0.251 e. The molecule has 0 aliphatic carbocycles. The molecule has 174 valence electrons. The van der Waals surface area contributed by atoms with Crippen molar-refractivity contribution in [2.24, 2.45) is 0 Å². The molecule has 1 heterocycles. The first kappa shape index (κ1) is 24.2. The second kappa shape index (κ2) is 10.9. The van der Waals surface area contributed by atoms with E-state index in [2.05, 4.69) is 10.2 Å². The molecule has 32 heavy (non-hydrogen) atoms. The molecule has 9 heteroatoms. The summed E-state index contributed by atoms with van der Waals surface area (Å²) >= 11 is 0. The summed E-state index contributed by atoms with van der Waals surface area (Å²) < 4.78 is 40.4. The number of carbonyl (C=O) groups is 1. The van der Waals surface area contributed by atoms with Gasteiger partial charge < -0.3 is 10.2 Å². The van der Waals surface area contributed by atoms with E-state index in [1.54, 1.807) is 38.1 Å². The van der Waals surface area contributed by atoms with Gasteiger partial charge in [0.05, 0.1) is 10.6 Å². The first-order chi connectivity index (χ1) is 15.4. The molecular weight excluding hydrogens is 431 g/mol. The van der Waals surface area contributed by atoms with Crippen molar-refractivity contribution in [3.05, 3.63) is 59.9 Å². The van der Waals surface area contributed by atoms with Crippen LogP contribution in [0.4, 0.5) is 10.1 Å². The number of benzene rings is 2. The van der Waals surface area contributed by atoms with Gasteiger partial charge in [-0.05, 0) is 36.4 Å². The fourth-order valence-electron chi connectivity index (χ4n) is 3.84. The van der Waals surface area contributed by atoms with E-state index >= 15 is 0 Å². The second-order valence-electron chi connectivity index (χ2n) is 7.65. The Morgan fingerprint density at radius 3 is 2.22 bits per heavy atom. The highest BCUT2D eigenvalue weighted by atomic mass is 32.2. The molecule has 0 spiro atoms. The van der Waals surface area contributed by atoms with Crippen molar-refractivity contribution in [2.45, 2.75) is 18.7 Å². The van der Waals surface area contributed by atoms with Gasteiger partial charge in [-0.2, -0.15) is 4.31 Å². The van der Waals surface area contributed by atoms with E-state index in [-0.39, 0.29) is 16.6 Å². The van der Waals surface area contributed by atoms with Crippen molar-refractivity contribution >= 4 is 21.6 Å². The molecule has 1 fully saturated rings. The summed E-state index contributed by atoms with van der Waals surface area (Å²) in [5.41, 5.74) is 1.06. The first-order valence-electron chi connectivity index (χ1n) is 11.0. The van der Waals surface area contributed by atoms with Crippen molar-refractivity contribution < 1.29 is 17.6 Å². The van der Waals surface area contributed by atoms with E-state index in [0.717, 1.165) is 26.2 Å². The number of piperazine rings is 1. The van der Waals surface area contributed by atoms with Crippen molar-refractivity contribution in [2.75, 3.05) is 57.3 Å². The third kappa shape index (κ3) is 5.65. The highest BCUT2D eigenvalue weighted by molar-refractivity contribution is 7.89. The Morgan fingerprint density at radius 1 is 1.00 bits per heavy atom. The molecular formula is C23H31FN4O3S. The molecule has 0 aromatic heterocycles. The predicted molar refractivity (Wildman–Crippen MR) is 124 cm³/mol. The van der Waals surface area contributed by atoms with E-state index < -0.39 is 10.0 Å². The lowest BCUT2D eigenvalue weighted by Crippen LogP contribution is -2.48. The Labute approximate surface area is 189 Å². The van der Waals surface area contributed by atoms with Crippen LogP contribution in [-0.4, -0.2) is 75.9 Å². The normalized spacial score (nSPS) is 15.2. The molecule has 0 bridgehead atoms. The maximum absolute atomic E-state index is 14.0. The number of nitrogens with one attached hydrogen (secondary N) is 1. The third-order valence-electron chi connectivity index (χ3n) is 5.74. The number of nitrogens with zero attached hydrogens (tertiary/aromatic N) is 3. The molecule has 2 aromatic rings. The third-order valence-corrected chi connectivity index (χ3v) is 7.80. The van der Waals surface area contributed by atoms with Gasteiger partial charge in [0, 0.05) is 57.9 Å². The summed E-state index contributed by atoms with van der Waals surface area (Å²) in [6, 6.07) is 12.8. The zero-order chi connectivity index (χ0) is 23.1. The molecule has 0 atom stereocenters. The molecule has 2 aromatic carbocycles. The van der Waals surface area contributed by atoms with Crippen molar-refractivity contribution in [3.63, 3.8) is 0 Å². The van der Waals surface area contributed by atoms with Gasteiger partial charge in [0.2, 0.25) is 10.0 Å². The molecule has 7 nitrogen and oxygen atoms in total. The minimum atomic E-state index is -3.53. The zero-order valence-electron chi connectivity index (χ0n) is 18.6. The SMILES string of the molecule is CCN(CC)S(=O)(=O)c1ccc(C(=O)NCCN2CCN(c3ccccc3F)CC2)cc1. The molecule has 1 saturated heterocycles. The molecule has 1 aliphatic heterocycles. The van der Waals surface area contributed by atoms with Crippen molar-refractivity contribution in [3.8, 4) is 0 Å². The molecule has 0 saturated carbocycles. The van der Waals surface area contributed by atoms with Crippen LogP contribution in [0.15, 0.2) is 53.4 Å². The van der Waals surface area contributed by atoms with E-state index in [1.807, 2.05) is 11.0 Å². The minimum Gasteiger partial charge on any atom is -0.367 e. The van der Waals surface area contributed by atoms with Crippen molar-refractivity contribution in [1.29, 1.82) is 0 Å². The summed E-state index contributed by atoms with van der Waals surface area (Å²) in [7, 11) is -3.53. The van der Waals surface area contributed by atoms with Crippen LogP contribution in [-0.2, 0) is 10.0 Å². The van der Waals surface area contributed by atoms with E-state index in [9.17, 15) is 17.6 Å². The summed E-state index contributed by atoms with van der Waals surface area (Å²) in [4.78, 5) is 16.9. The number of halogens is 1. The lowest BCUT2D eigenvalue weighted by Gasteiger charge is -2.36. The van der Waals surface area contributed by atoms with Gasteiger partial charge in [-0.15, -0.1) is 0 Å². The Morgan fingerprint density at radius 2 is 1.62 bits per heavy atom. The Kier molecular flexibility index (Phi) is 8.22. The minimum absolute atomic E-state index is 0.186. The number of carbonyl (C=O) groups excluding carboxylic acids is 1. The average molecular weight is 463 g/mol. The number of sulfonamides is 1. The van der Waals surface area contributed by atoms with Gasteiger partial charge in [0.15, 0.2) is 0 Å². The van der Waals surface area contributed by atoms with Crippen LogP contribution in [0.2, 0.25) is 0 Å². The van der Waals surface area contributed by atoms with Gasteiger partial charge in [-0.3, -0.25) is 9.69 Å². The second-order valence-corrected chi connectivity index (χ2v) is 9.59. The number of hydrogen-bond donors (Lipinski definition) is 1. The van der Waals surface area contributed by atoms with Crippen molar-refractivity contribution in [1.82, 2.24) is 14.5 Å². The van der Waals surface area contributed by atoms with Gasteiger partial charge in [-0.25, -0.2) is 12.8 Å². The van der Waals surface area contributed by atoms with Gasteiger partial charge in [0.1, 0.15) is 5.82 Å². The molecule has 3 rings (SSSR count). The van der Waals surface area contributed by atoms with Gasteiger partial charge >= 0.3 is 0 Å². The van der Waals surface area contributed by atoms with E-state index in [0.29, 0.717) is 37.4 Å². The van der Waals surface area contributed by atoms with Crippen LogP contribution in [0.1, 0.15) is 24.2 Å². The molecule has 1 aliphatic rings. The maximum atomic E-state index is 14.0. The molecule has 0 unspecified atom stereocenters. The topological polar surface area (TPSA) is 73.0 Å². The van der Waals surface area contributed by atoms with E-state index in [1.165, 1.54) is 22.5 Å². The number of anilines is 1. The summed E-state index contributed by atoms with van der Waals surface area (Å²) in [5, 5.41) is 2.89. The fraction of sp³-hybridized carbons (Fsp3) is 0.435. The first-order valence-corrected chi connectivity index (χ1v) is 12.4. The number of para-hydroxylation sites is 1. The quantitative estimate of drug-likeness (QED) is 0.620. The van der Waals surface area contributed by atoms with Gasteiger partial charge in [-0.1, -0.05) is 26.0 Å². The van der Waals surface area contributed by atoms with Crippen LogP contribution < -0.4 is 10.2 Å². The Balaban J connectivity index is 1.46. The highest BCUT2D eigenvalue weighted by Gasteiger charge is 2.22. The van der Waals surface area contributed by atoms with Gasteiger partial charge in [0.25, 0.3) is 5.91 Å². The number of hydrogen-bond acceptors (Lipinski definition) is 5. The van der Waals surface area contributed by atoms with Crippen LogP contribution in [0, 0.1) is 5.82 Å². The monoisotopic (exact) mass is 462 g/mol. The summed E-state index contributed by atoms with van der Waals surface area (Å²) in [5.74, 6) is -0.439. The standard InChI is InChI=1S/C23H31FN4O3S/c1-3-28(4-2)32(30,31)20-11-9-19(10-12-20)23(29)25-13-14-26-15-17-27(18-16-26)22-8-6-5-7-21(22)24/h5-12H,3-4,13-18H2,1-2H3,(H,25,29). The van der Waals surface area contributed by atoms with Crippen LogP contribution in [0.25, 0.3) is 0 Å². The maximum Gasteiger partial charge on any atom is 0.251 e. The summed E-state index contributed by atoms with van der Waals surface area (Å²) in [6.07, 6.45) is 0. The zero-order valence-corrected chi connectivity index (χ0v) is 19.4. The highest BCUT2D eigenvalue weighted by Crippen LogP contribution is 2.20. The van der Waals surface area contributed by atoms with E-state index in [4.69, 9.17) is 0 Å². The number of rotatable bonds is 9. The van der Waals surface area contributed by atoms with Crippen LogP contribution in [0.5, 0.6) is 0 Å². The Bertz CT molecular complexity index is 1000. The average Bonchev–Trinajstić information content (AvgIpc) is 2.80. The lowest BCUT2D eigenvalue weighted by atomic mass is 10.2. The van der Waals surface area contributed by atoms with Crippen LogP contribution >= 0.6 is 0 Å².